The number of hydrogen-bond donors (Lipinski definition) is 0. The maximum absolute atomic E-state index is 3.86. The number of rotatable bonds is 1. The summed E-state index contributed by atoms with van der Waals surface area (Å²) in [5.41, 5.74) is 2.33. The van der Waals surface area contributed by atoms with Gasteiger partial charge in [0, 0.05) is 0 Å². The zero-order chi connectivity index (χ0) is 7.56. The van der Waals surface area contributed by atoms with E-state index in [1.165, 1.54) is 10.9 Å². The van der Waals surface area contributed by atoms with Gasteiger partial charge in [-0.3, -0.25) is 0 Å². The van der Waals surface area contributed by atoms with Crippen LogP contribution >= 0.6 is 9.24 Å². The Bertz CT molecular complexity index is 251. The van der Waals surface area contributed by atoms with Gasteiger partial charge in [0.2, 0.25) is 0 Å². The first-order chi connectivity index (χ1) is 4.70. The Morgan fingerprint density at radius 1 is 1.50 bits per heavy atom. The molecule has 0 bridgehead atoms. The van der Waals surface area contributed by atoms with Crippen molar-refractivity contribution < 1.29 is 0 Å². The van der Waals surface area contributed by atoms with Gasteiger partial charge in [0.25, 0.3) is 0 Å². The van der Waals surface area contributed by atoms with Crippen LogP contribution < -0.4 is 5.30 Å². The Hall–Kier alpha value is -0.610. The van der Waals surface area contributed by atoms with E-state index in [1.807, 2.05) is 13.0 Å². The minimum atomic E-state index is 1.12. The van der Waals surface area contributed by atoms with Gasteiger partial charge in [-0.15, -0.1) is 9.24 Å². The molecule has 0 aromatic heterocycles. The normalized spacial score (nSPS) is 9.40. The van der Waals surface area contributed by atoms with E-state index >= 15 is 0 Å². The minimum absolute atomic E-state index is 1.12. The monoisotopic (exact) mass is 150 g/mol. The molecule has 1 rings (SSSR count). The predicted molar refractivity (Wildman–Crippen MR) is 50.5 cm³/mol. The van der Waals surface area contributed by atoms with Crippen LogP contribution in [0, 0.1) is 0 Å². The largest absolute Gasteiger partial charge is 0.106 e. The predicted octanol–water partition coefficient (Wildman–Crippen LogP) is 2.22. The van der Waals surface area contributed by atoms with E-state index in [4.69, 9.17) is 0 Å². The van der Waals surface area contributed by atoms with Crippen LogP contribution in [-0.2, 0) is 0 Å². The lowest BCUT2D eigenvalue weighted by molar-refractivity contribution is 1.61. The molecule has 0 amide bonds. The fourth-order valence-corrected chi connectivity index (χ4v) is 1.09. The first-order valence-corrected chi connectivity index (χ1v) is 3.79. The molecule has 0 spiro atoms. The van der Waals surface area contributed by atoms with Crippen LogP contribution in [0.2, 0.25) is 0 Å². The SMILES string of the molecule is C=C(C)c1cccc(P)c1. The Morgan fingerprint density at radius 2 is 2.20 bits per heavy atom. The summed E-state index contributed by atoms with van der Waals surface area (Å²) in [7, 11) is 2.67. The lowest BCUT2D eigenvalue weighted by atomic mass is 10.1. The molecule has 0 heterocycles. The van der Waals surface area contributed by atoms with E-state index in [0.717, 1.165) is 5.57 Å². The fourth-order valence-electron chi connectivity index (χ4n) is 0.804. The van der Waals surface area contributed by atoms with Gasteiger partial charge in [0.05, 0.1) is 0 Å². The Kier molecular flexibility index (Phi) is 2.24. The second-order valence-corrected chi connectivity index (χ2v) is 3.07. The molecule has 0 N–H and O–H groups in total. The van der Waals surface area contributed by atoms with E-state index in [9.17, 15) is 0 Å². The molecule has 0 saturated carbocycles. The summed E-state index contributed by atoms with van der Waals surface area (Å²) in [6, 6.07) is 8.26. The van der Waals surface area contributed by atoms with Crippen LogP contribution in [0.3, 0.4) is 0 Å². The quantitative estimate of drug-likeness (QED) is 0.538. The standard InChI is InChI=1S/C9H11P/c1-7(2)8-4-3-5-9(10)6-8/h3-6H,1,10H2,2H3. The lowest BCUT2D eigenvalue weighted by Crippen LogP contribution is -1.89. The van der Waals surface area contributed by atoms with E-state index in [0.29, 0.717) is 0 Å². The molecule has 0 aliphatic heterocycles. The van der Waals surface area contributed by atoms with E-state index in [2.05, 4.69) is 34.0 Å². The molecule has 0 saturated heterocycles. The van der Waals surface area contributed by atoms with E-state index in [-0.39, 0.29) is 0 Å². The molecular formula is C9H11P. The van der Waals surface area contributed by atoms with Crippen molar-refractivity contribution in [2.75, 3.05) is 0 Å². The highest BCUT2D eigenvalue weighted by molar-refractivity contribution is 7.27. The molecule has 0 radical (unpaired) electrons. The summed E-state index contributed by atoms with van der Waals surface area (Å²) in [5.74, 6) is 0. The molecule has 0 fully saturated rings. The van der Waals surface area contributed by atoms with E-state index < -0.39 is 0 Å². The third kappa shape index (κ3) is 1.68. The van der Waals surface area contributed by atoms with Crippen molar-refractivity contribution in [2.45, 2.75) is 6.92 Å². The van der Waals surface area contributed by atoms with Crippen molar-refractivity contribution in [3.05, 3.63) is 36.4 Å². The summed E-state index contributed by atoms with van der Waals surface area (Å²) in [5, 5.41) is 1.21. The summed E-state index contributed by atoms with van der Waals surface area (Å²) in [4.78, 5) is 0. The van der Waals surface area contributed by atoms with Crippen LogP contribution in [0.4, 0.5) is 0 Å². The van der Waals surface area contributed by atoms with Crippen LogP contribution in [0.15, 0.2) is 30.8 Å². The summed E-state index contributed by atoms with van der Waals surface area (Å²) in [6.45, 7) is 5.87. The number of hydrogen-bond acceptors (Lipinski definition) is 0. The van der Waals surface area contributed by atoms with Crippen LogP contribution in [0.1, 0.15) is 12.5 Å². The van der Waals surface area contributed by atoms with Crippen LogP contribution in [0.25, 0.3) is 5.57 Å². The zero-order valence-corrected chi connectivity index (χ0v) is 7.25. The van der Waals surface area contributed by atoms with Gasteiger partial charge in [-0.2, -0.15) is 0 Å². The van der Waals surface area contributed by atoms with Crippen molar-refractivity contribution in [3.8, 4) is 0 Å². The highest BCUT2D eigenvalue weighted by Gasteiger charge is 1.90. The molecule has 1 atom stereocenters. The van der Waals surface area contributed by atoms with Crippen molar-refractivity contribution >= 4 is 20.1 Å². The second kappa shape index (κ2) is 2.98. The molecule has 0 aliphatic carbocycles. The van der Waals surface area contributed by atoms with Gasteiger partial charge in [-0.05, 0) is 23.9 Å². The smallest absolute Gasteiger partial charge is 0.0227 e. The van der Waals surface area contributed by atoms with Crippen molar-refractivity contribution in [3.63, 3.8) is 0 Å². The van der Waals surface area contributed by atoms with Crippen molar-refractivity contribution in [1.82, 2.24) is 0 Å². The summed E-state index contributed by atoms with van der Waals surface area (Å²) < 4.78 is 0. The molecule has 0 aliphatic rings. The summed E-state index contributed by atoms with van der Waals surface area (Å²) in [6.07, 6.45) is 0. The highest BCUT2D eigenvalue weighted by atomic mass is 31.0. The topological polar surface area (TPSA) is 0 Å². The van der Waals surface area contributed by atoms with Crippen molar-refractivity contribution in [1.29, 1.82) is 0 Å². The summed E-state index contributed by atoms with van der Waals surface area (Å²) >= 11 is 0. The fraction of sp³-hybridized carbons (Fsp3) is 0.111. The molecule has 1 unspecified atom stereocenters. The highest BCUT2D eigenvalue weighted by Crippen LogP contribution is 2.09. The number of benzene rings is 1. The third-order valence-corrected chi connectivity index (χ3v) is 1.74. The van der Waals surface area contributed by atoms with E-state index in [1.54, 1.807) is 0 Å². The van der Waals surface area contributed by atoms with Gasteiger partial charge in [-0.1, -0.05) is 30.4 Å². The molecule has 0 nitrogen and oxygen atoms in total. The first kappa shape index (κ1) is 7.50. The Morgan fingerprint density at radius 3 is 2.60 bits per heavy atom. The molecule has 1 aromatic carbocycles. The average molecular weight is 150 g/mol. The third-order valence-electron chi connectivity index (χ3n) is 1.38. The van der Waals surface area contributed by atoms with Gasteiger partial charge in [0.1, 0.15) is 0 Å². The zero-order valence-electron chi connectivity index (χ0n) is 6.09. The average Bonchev–Trinajstić information content (AvgIpc) is 1.88. The Labute approximate surface area is 64.2 Å². The van der Waals surface area contributed by atoms with Gasteiger partial charge in [0.15, 0.2) is 0 Å². The minimum Gasteiger partial charge on any atom is -0.106 e. The van der Waals surface area contributed by atoms with Crippen molar-refractivity contribution in [2.24, 2.45) is 0 Å². The Balaban J connectivity index is 3.07. The molecule has 1 heteroatoms. The molecule has 10 heavy (non-hydrogen) atoms. The number of allylic oxidation sites excluding steroid dienone is 1. The van der Waals surface area contributed by atoms with Gasteiger partial charge in [-0.25, -0.2) is 0 Å². The van der Waals surface area contributed by atoms with Crippen LogP contribution in [-0.4, -0.2) is 0 Å². The lowest BCUT2D eigenvalue weighted by Gasteiger charge is -1.98. The van der Waals surface area contributed by atoms with Gasteiger partial charge < -0.3 is 0 Å². The molecule has 1 aromatic rings. The van der Waals surface area contributed by atoms with Crippen LogP contribution in [0.5, 0.6) is 0 Å². The second-order valence-electron chi connectivity index (χ2n) is 2.41. The van der Waals surface area contributed by atoms with Gasteiger partial charge >= 0.3 is 0 Å². The maximum Gasteiger partial charge on any atom is -0.0227 e. The molecular weight excluding hydrogens is 139 g/mol. The first-order valence-electron chi connectivity index (χ1n) is 3.21. The maximum atomic E-state index is 3.86. The molecule has 52 valence electrons.